The maximum absolute atomic E-state index is 12.6. The van der Waals surface area contributed by atoms with E-state index in [4.69, 9.17) is 13.9 Å². The summed E-state index contributed by atoms with van der Waals surface area (Å²) in [5.41, 5.74) is 0.894. The molecule has 29 heavy (non-hydrogen) atoms. The fraction of sp³-hybridized carbons (Fsp3) is 0.350. The molecule has 3 heterocycles. The Bertz CT molecular complexity index is 1020. The van der Waals surface area contributed by atoms with Gasteiger partial charge in [0, 0.05) is 14.1 Å². The van der Waals surface area contributed by atoms with E-state index in [1.165, 1.54) is 11.8 Å². The van der Waals surface area contributed by atoms with E-state index in [9.17, 15) is 4.79 Å². The average molecular weight is 414 g/mol. The second-order valence-corrected chi connectivity index (χ2v) is 7.76. The molecule has 1 aliphatic rings. The number of para-hydroxylation sites is 2. The molecule has 1 aromatic carbocycles. The first kappa shape index (κ1) is 19.4. The molecule has 1 atom stereocenters. The number of likely N-dealkylation sites (N-methyl/N-ethyl adjacent to an activating group) is 1. The number of hydrogen-bond acceptors (Lipinski definition) is 7. The highest BCUT2D eigenvalue weighted by Gasteiger charge is 2.24. The van der Waals surface area contributed by atoms with E-state index in [-0.39, 0.29) is 17.8 Å². The van der Waals surface area contributed by atoms with Crippen LogP contribution in [0.3, 0.4) is 0 Å². The number of thioether (sulfide) groups is 1. The molecule has 1 amide bonds. The fourth-order valence-electron chi connectivity index (χ4n) is 3.09. The van der Waals surface area contributed by atoms with Crippen LogP contribution in [0.4, 0.5) is 0 Å². The van der Waals surface area contributed by atoms with E-state index in [1.807, 2.05) is 48.9 Å². The van der Waals surface area contributed by atoms with Crippen LogP contribution in [0.5, 0.6) is 11.5 Å². The average Bonchev–Trinajstić information content (AvgIpc) is 3.30. The van der Waals surface area contributed by atoms with Crippen molar-refractivity contribution in [2.24, 2.45) is 7.05 Å². The lowest BCUT2D eigenvalue weighted by Gasteiger charge is -2.29. The Labute approximate surface area is 172 Å². The Hall–Kier alpha value is -2.94. The summed E-state index contributed by atoms with van der Waals surface area (Å²) < 4.78 is 18.8. The number of carbonyl (C=O) groups is 1. The normalized spacial score (nSPS) is 15.3. The van der Waals surface area contributed by atoms with Crippen molar-refractivity contribution in [1.29, 1.82) is 0 Å². The molecule has 0 fully saturated rings. The van der Waals surface area contributed by atoms with E-state index in [2.05, 4.69) is 10.2 Å². The number of carbonyl (C=O) groups excluding carboxylic acids is 1. The van der Waals surface area contributed by atoms with Crippen LogP contribution in [0.15, 0.2) is 46.2 Å². The maximum Gasteiger partial charge on any atom is 0.232 e. The van der Waals surface area contributed by atoms with Crippen LogP contribution in [-0.4, -0.2) is 57.6 Å². The molecule has 1 aliphatic heterocycles. The predicted molar refractivity (Wildman–Crippen MR) is 108 cm³/mol. The molecule has 1 unspecified atom stereocenters. The highest BCUT2D eigenvalue weighted by atomic mass is 32.2. The molecular weight excluding hydrogens is 392 g/mol. The molecule has 0 N–H and O–H groups in total. The zero-order chi connectivity index (χ0) is 20.4. The number of furan rings is 1. The van der Waals surface area contributed by atoms with Gasteiger partial charge in [-0.3, -0.25) is 4.79 Å². The highest BCUT2D eigenvalue weighted by molar-refractivity contribution is 7.99. The molecule has 9 heteroatoms. The summed E-state index contributed by atoms with van der Waals surface area (Å²) in [5.74, 6) is 3.19. The first-order valence-electron chi connectivity index (χ1n) is 9.22. The number of ether oxygens (including phenoxy) is 2. The standard InChI is InChI=1S/C20H22N4O4S/c1-13-15(8-9-26-13)19-21-22-20(24(19)3)29-12-18(25)23(2)10-14-11-27-16-6-4-5-7-17(16)28-14/h4-9,14H,10-12H2,1-3H3. The van der Waals surface area contributed by atoms with Crippen LogP contribution in [0.1, 0.15) is 5.76 Å². The first-order valence-corrected chi connectivity index (χ1v) is 10.2. The molecule has 2 aromatic heterocycles. The minimum absolute atomic E-state index is 0.0125. The number of aromatic nitrogens is 3. The summed E-state index contributed by atoms with van der Waals surface area (Å²) in [6.45, 7) is 2.75. The van der Waals surface area contributed by atoms with Gasteiger partial charge in [0.2, 0.25) is 5.91 Å². The summed E-state index contributed by atoms with van der Waals surface area (Å²) in [7, 11) is 3.65. The third-order valence-corrected chi connectivity index (χ3v) is 5.74. The van der Waals surface area contributed by atoms with Crippen LogP contribution in [0, 0.1) is 6.92 Å². The lowest BCUT2D eigenvalue weighted by Crippen LogP contribution is -2.42. The quantitative estimate of drug-likeness (QED) is 0.574. The number of nitrogens with zero attached hydrogens (tertiary/aromatic N) is 4. The third kappa shape index (κ3) is 4.09. The van der Waals surface area contributed by atoms with Crippen molar-refractivity contribution in [2.75, 3.05) is 26.0 Å². The Morgan fingerprint density at radius 1 is 1.28 bits per heavy atom. The smallest absolute Gasteiger partial charge is 0.232 e. The molecule has 0 saturated carbocycles. The van der Waals surface area contributed by atoms with Crippen LogP contribution in [0.25, 0.3) is 11.4 Å². The van der Waals surface area contributed by atoms with Gasteiger partial charge in [-0.25, -0.2) is 0 Å². The molecule has 0 bridgehead atoms. The van der Waals surface area contributed by atoms with Crippen molar-refractivity contribution in [1.82, 2.24) is 19.7 Å². The second kappa shape index (κ2) is 8.20. The molecule has 0 spiro atoms. The predicted octanol–water partition coefficient (Wildman–Crippen LogP) is 2.77. The van der Waals surface area contributed by atoms with E-state index < -0.39 is 0 Å². The maximum atomic E-state index is 12.6. The van der Waals surface area contributed by atoms with Crippen molar-refractivity contribution in [3.8, 4) is 22.9 Å². The summed E-state index contributed by atoms with van der Waals surface area (Å²) in [6, 6.07) is 9.40. The Kier molecular flexibility index (Phi) is 5.48. The Balaban J connectivity index is 1.32. The summed E-state index contributed by atoms with van der Waals surface area (Å²) >= 11 is 1.35. The van der Waals surface area contributed by atoms with Crippen LogP contribution >= 0.6 is 11.8 Å². The second-order valence-electron chi connectivity index (χ2n) is 6.82. The molecule has 0 aliphatic carbocycles. The van der Waals surface area contributed by atoms with Crippen molar-refractivity contribution >= 4 is 17.7 Å². The molecule has 0 saturated heterocycles. The molecule has 3 aromatic rings. The summed E-state index contributed by atoms with van der Waals surface area (Å²) in [5, 5.41) is 9.11. The largest absolute Gasteiger partial charge is 0.486 e. The lowest BCUT2D eigenvalue weighted by atomic mass is 10.2. The zero-order valence-corrected chi connectivity index (χ0v) is 17.3. The van der Waals surface area contributed by atoms with E-state index >= 15 is 0 Å². The zero-order valence-electron chi connectivity index (χ0n) is 16.5. The van der Waals surface area contributed by atoms with Crippen LogP contribution in [0.2, 0.25) is 0 Å². The fourth-order valence-corrected chi connectivity index (χ4v) is 3.94. The van der Waals surface area contributed by atoms with Crippen molar-refractivity contribution in [3.63, 3.8) is 0 Å². The van der Waals surface area contributed by atoms with Crippen molar-refractivity contribution < 1.29 is 18.7 Å². The Morgan fingerprint density at radius 2 is 2.07 bits per heavy atom. The monoisotopic (exact) mass is 414 g/mol. The minimum atomic E-state index is -0.200. The van der Waals surface area contributed by atoms with Gasteiger partial charge in [-0.2, -0.15) is 0 Å². The van der Waals surface area contributed by atoms with Gasteiger partial charge in [0.25, 0.3) is 0 Å². The van der Waals surface area contributed by atoms with Crippen molar-refractivity contribution in [2.45, 2.75) is 18.2 Å². The van der Waals surface area contributed by atoms with Gasteiger partial charge in [0.1, 0.15) is 12.4 Å². The van der Waals surface area contributed by atoms with Gasteiger partial charge in [0.15, 0.2) is 28.6 Å². The molecule has 8 nitrogen and oxygen atoms in total. The highest BCUT2D eigenvalue weighted by Crippen LogP contribution is 2.31. The third-order valence-electron chi connectivity index (χ3n) is 4.73. The first-order chi connectivity index (χ1) is 14.0. The van der Waals surface area contributed by atoms with Gasteiger partial charge in [0.05, 0.1) is 24.1 Å². The number of hydrogen-bond donors (Lipinski definition) is 0. The molecule has 152 valence electrons. The van der Waals surface area contributed by atoms with Gasteiger partial charge in [-0.15, -0.1) is 10.2 Å². The molecule has 4 rings (SSSR count). The van der Waals surface area contributed by atoms with Gasteiger partial charge < -0.3 is 23.4 Å². The number of benzene rings is 1. The van der Waals surface area contributed by atoms with E-state index in [0.717, 1.165) is 17.1 Å². The van der Waals surface area contributed by atoms with Gasteiger partial charge in [-0.05, 0) is 25.1 Å². The summed E-state index contributed by atoms with van der Waals surface area (Å²) in [6.07, 6.45) is 1.43. The number of fused-ring (bicyclic) bond motifs is 1. The van der Waals surface area contributed by atoms with Crippen molar-refractivity contribution in [3.05, 3.63) is 42.4 Å². The number of amides is 1. The summed E-state index contributed by atoms with van der Waals surface area (Å²) in [4.78, 5) is 14.2. The topological polar surface area (TPSA) is 82.6 Å². The van der Waals surface area contributed by atoms with Crippen LogP contribution in [-0.2, 0) is 11.8 Å². The van der Waals surface area contributed by atoms with E-state index in [1.54, 1.807) is 18.2 Å². The molecular formula is C20H22N4O4S. The number of rotatable bonds is 6. The van der Waals surface area contributed by atoms with Gasteiger partial charge >= 0.3 is 0 Å². The van der Waals surface area contributed by atoms with E-state index in [0.29, 0.717) is 29.9 Å². The lowest BCUT2D eigenvalue weighted by molar-refractivity contribution is -0.128. The number of aryl methyl sites for hydroxylation is 1. The minimum Gasteiger partial charge on any atom is -0.486 e. The van der Waals surface area contributed by atoms with Gasteiger partial charge in [-0.1, -0.05) is 23.9 Å². The Morgan fingerprint density at radius 3 is 2.83 bits per heavy atom. The molecule has 0 radical (unpaired) electrons. The van der Waals surface area contributed by atoms with Crippen LogP contribution < -0.4 is 9.47 Å². The SMILES string of the molecule is Cc1occc1-c1nnc(SCC(=O)N(C)CC2COc3ccccc3O2)n1C.